The third-order valence-electron chi connectivity index (χ3n) is 2.40. The highest BCUT2D eigenvalue weighted by Crippen LogP contribution is 2.17. The number of hydrogen-bond acceptors (Lipinski definition) is 4. The van der Waals surface area contributed by atoms with Gasteiger partial charge in [0.25, 0.3) is 0 Å². The smallest absolute Gasteiger partial charge is 0.119 e. The molecular formula is C9H16N4S. The summed E-state index contributed by atoms with van der Waals surface area (Å²) >= 11 is 2.04. The molecule has 1 aliphatic rings. The summed E-state index contributed by atoms with van der Waals surface area (Å²) in [6, 6.07) is 1.20. The highest BCUT2D eigenvalue weighted by molar-refractivity contribution is 7.99. The van der Waals surface area contributed by atoms with Crippen LogP contribution in [0.5, 0.6) is 0 Å². The maximum Gasteiger partial charge on any atom is 0.119 e. The summed E-state index contributed by atoms with van der Waals surface area (Å²) in [5.41, 5.74) is 0. The van der Waals surface area contributed by atoms with E-state index in [1.165, 1.54) is 17.9 Å². The number of rotatable bonds is 4. The Kier molecular flexibility index (Phi) is 3.42. The van der Waals surface area contributed by atoms with E-state index in [1.807, 2.05) is 16.3 Å². The van der Waals surface area contributed by atoms with Crippen LogP contribution in [0.4, 0.5) is 0 Å². The second-order valence-corrected chi connectivity index (χ2v) is 4.94. The molecule has 2 atom stereocenters. The van der Waals surface area contributed by atoms with E-state index < -0.39 is 0 Å². The predicted molar refractivity (Wildman–Crippen MR) is 58.3 cm³/mol. The summed E-state index contributed by atoms with van der Waals surface area (Å²) in [6.07, 6.45) is 4.83. The van der Waals surface area contributed by atoms with Crippen molar-refractivity contribution in [3.8, 4) is 0 Å². The average molecular weight is 212 g/mol. The monoisotopic (exact) mass is 212 g/mol. The molecule has 4 nitrogen and oxygen atoms in total. The lowest BCUT2D eigenvalue weighted by atomic mass is 10.2. The van der Waals surface area contributed by atoms with Crippen LogP contribution in [0.1, 0.15) is 13.3 Å². The van der Waals surface area contributed by atoms with Crippen LogP contribution in [0.25, 0.3) is 0 Å². The first-order valence-electron chi connectivity index (χ1n) is 5.01. The van der Waals surface area contributed by atoms with Crippen molar-refractivity contribution in [1.29, 1.82) is 0 Å². The molecule has 0 bridgehead atoms. The van der Waals surface area contributed by atoms with E-state index in [2.05, 4.69) is 22.4 Å². The standard InChI is InChI=1S/C9H16N4S/c1-8(4-13-6-10-11-7-13)12-9-2-3-14-5-9/h6-9,12H,2-5H2,1H3. The molecule has 2 unspecified atom stereocenters. The van der Waals surface area contributed by atoms with Gasteiger partial charge >= 0.3 is 0 Å². The molecule has 2 heterocycles. The van der Waals surface area contributed by atoms with Crippen molar-refractivity contribution in [2.24, 2.45) is 0 Å². The van der Waals surface area contributed by atoms with Crippen LogP contribution in [0, 0.1) is 0 Å². The molecule has 0 saturated carbocycles. The number of nitrogens with one attached hydrogen (secondary N) is 1. The zero-order valence-corrected chi connectivity index (χ0v) is 9.20. The Morgan fingerprint density at radius 2 is 2.36 bits per heavy atom. The molecule has 1 aromatic rings. The van der Waals surface area contributed by atoms with Crippen LogP contribution in [0.3, 0.4) is 0 Å². The van der Waals surface area contributed by atoms with E-state index in [4.69, 9.17) is 0 Å². The molecule has 78 valence electrons. The molecule has 14 heavy (non-hydrogen) atoms. The molecule has 1 aromatic heterocycles. The van der Waals surface area contributed by atoms with Gasteiger partial charge in [-0.2, -0.15) is 11.8 Å². The van der Waals surface area contributed by atoms with Crippen molar-refractivity contribution in [3.05, 3.63) is 12.7 Å². The van der Waals surface area contributed by atoms with Gasteiger partial charge in [-0.25, -0.2) is 0 Å². The first kappa shape index (κ1) is 9.98. The molecule has 0 aromatic carbocycles. The van der Waals surface area contributed by atoms with E-state index in [0.717, 1.165) is 6.54 Å². The minimum absolute atomic E-state index is 0.495. The van der Waals surface area contributed by atoms with Crippen molar-refractivity contribution >= 4 is 11.8 Å². The Bertz CT molecular complexity index is 256. The minimum Gasteiger partial charge on any atom is -0.319 e. The summed E-state index contributed by atoms with van der Waals surface area (Å²) in [6.45, 7) is 3.16. The van der Waals surface area contributed by atoms with Crippen molar-refractivity contribution < 1.29 is 0 Å². The number of nitrogens with zero attached hydrogens (tertiary/aromatic N) is 3. The van der Waals surface area contributed by atoms with E-state index in [9.17, 15) is 0 Å². The zero-order valence-electron chi connectivity index (χ0n) is 8.39. The Balaban J connectivity index is 1.75. The molecule has 1 N–H and O–H groups in total. The molecule has 0 amide bonds. The number of thioether (sulfide) groups is 1. The second kappa shape index (κ2) is 4.79. The van der Waals surface area contributed by atoms with Gasteiger partial charge in [0.05, 0.1) is 0 Å². The summed E-state index contributed by atoms with van der Waals surface area (Å²) in [4.78, 5) is 0. The first-order valence-corrected chi connectivity index (χ1v) is 6.16. The summed E-state index contributed by atoms with van der Waals surface area (Å²) in [5, 5.41) is 11.2. The molecule has 0 aliphatic carbocycles. The molecule has 5 heteroatoms. The third-order valence-corrected chi connectivity index (χ3v) is 3.56. The summed E-state index contributed by atoms with van der Waals surface area (Å²) < 4.78 is 2.01. The quantitative estimate of drug-likeness (QED) is 0.800. The molecule has 1 aliphatic heterocycles. The van der Waals surface area contributed by atoms with Crippen LogP contribution in [-0.4, -0.2) is 38.4 Å². The maximum atomic E-state index is 3.79. The molecular weight excluding hydrogens is 196 g/mol. The Morgan fingerprint density at radius 3 is 3.00 bits per heavy atom. The molecule has 1 fully saturated rings. The molecule has 0 spiro atoms. The van der Waals surface area contributed by atoms with Crippen LogP contribution >= 0.6 is 11.8 Å². The number of aromatic nitrogens is 3. The maximum absolute atomic E-state index is 3.79. The Morgan fingerprint density at radius 1 is 1.57 bits per heavy atom. The fourth-order valence-corrected chi connectivity index (χ4v) is 2.92. The normalized spacial score (nSPS) is 23.9. The van der Waals surface area contributed by atoms with Gasteiger partial charge in [0, 0.05) is 24.4 Å². The van der Waals surface area contributed by atoms with E-state index >= 15 is 0 Å². The van der Waals surface area contributed by atoms with E-state index in [1.54, 1.807) is 12.7 Å². The van der Waals surface area contributed by atoms with E-state index in [-0.39, 0.29) is 0 Å². The number of hydrogen-bond donors (Lipinski definition) is 1. The van der Waals surface area contributed by atoms with Crippen molar-refractivity contribution in [3.63, 3.8) is 0 Å². The minimum atomic E-state index is 0.495. The van der Waals surface area contributed by atoms with Gasteiger partial charge in [0.15, 0.2) is 0 Å². The molecule has 0 radical (unpaired) electrons. The SMILES string of the molecule is CC(Cn1cnnc1)NC1CCSC1. The lowest BCUT2D eigenvalue weighted by molar-refractivity contribution is 0.426. The van der Waals surface area contributed by atoms with Gasteiger partial charge in [-0.05, 0) is 19.1 Å². The molecule has 1 saturated heterocycles. The van der Waals surface area contributed by atoms with Gasteiger partial charge in [0.1, 0.15) is 12.7 Å². The van der Waals surface area contributed by atoms with Crippen LogP contribution in [0.2, 0.25) is 0 Å². The summed E-state index contributed by atoms with van der Waals surface area (Å²) in [7, 11) is 0. The lowest BCUT2D eigenvalue weighted by Crippen LogP contribution is -2.38. The van der Waals surface area contributed by atoms with Crippen LogP contribution in [-0.2, 0) is 6.54 Å². The van der Waals surface area contributed by atoms with Gasteiger partial charge in [-0.3, -0.25) is 0 Å². The predicted octanol–water partition coefficient (Wildman–Crippen LogP) is 0.762. The Hall–Kier alpha value is -0.550. The van der Waals surface area contributed by atoms with E-state index in [0.29, 0.717) is 12.1 Å². The highest BCUT2D eigenvalue weighted by atomic mass is 32.2. The zero-order chi connectivity index (χ0) is 9.80. The van der Waals surface area contributed by atoms with Gasteiger partial charge in [-0.1, -0.05) is 0 Å². The van der Waals surface area contributed by atoms with Crippen LogP contribution < -0.4 is 5.32 Å². The van der Waals surface area contributed by atoms with Gasteiger partial charge in [-0.15, -0.1) is 10.2 Å². The highest BCUT2D eigenvalue weighted by Gasteiger charge is 2.17. The third kappa shape index (κ3) is 2.72. The average Bonchev–Trinajstić information content (AvgIpc) is 2.76. The van der Waals surface area contributed by atoms with Crippen molar-refractivity contribution in [2.75, 3.05) is 11.5 Å². The Labute approximate surface area is 88.5 Å². The van der Waals surface area contributed by atoms with Crippen molar-refractivity contribution in [1.82, 2.24) is 20.1 Å². The van der Waals surface area contributed by atoms with Gasteiger partial charge in [0.2, 0.25) is 0 Å². The first-order chi connectivity index (χ1) is 6.84. The summed E-state index contributed by atoms with van der Waals surface area (Å²) in [5.74, 6) is 2.56. The van der Waals surface area contributed by atoms with Crippen LogP contribution in [0.15, 0.2) is 12.7 Å². The lowest BCUT2D eigenvalue weighted by Gasteiger charge is -2.18. The fourth-order valence-electron chi connectivity index (χ4n) is 1.75. The van der Waals surface area contributed by atoms with Crippen molar-refractivity contribution in [2.45, 2.75) is 32.0 Å². The topological polar surface area (TPSA) is 42.7 Å². The second-order valence-electron chi connectivity index (χ2n) is 3.79. The van der Waals surface area contributed by atoms with Gasteiger partial charge < -0.3 is 9.88 Å². The largest absolute Gasteiger partial charge is 0.319 e. The molecule has 2 rings (SSSR count). The fraction of sp³-hybridized carbons (Fsp3) is 0.778.